The quantitative estimate of drug-likeness (QED) is 0.770. The van der Waals surface area contributed by atoms with Gasteiger partial charge in [-0.2, -0.15) is 0 Å². The number of carboxylic acid groups (broad SMARTS) is 1. The first-order valence-electron chi connectivity index (χ1n) is 8.17. The number of carboxylic acids is 1. The summed E-state index contributed by atoms with van der Waals surface area (Å²) in [5, 5.41) is 12.6. The van der Waals surface area contributed by atoms with Crippen LogP contribution in [0, 0.1) is 17.8 Å². The van der Waals surface area contributed by atoms with Gasteiger partial charge in [0.05, 0.1) is 5.92 Å². The van der Waals surface area contributed by atoms with Crippen LogP contribution < -0.4 is 5.32 Å². The Morgan fingerprint density at radius 3 is 2.24 bits per heavy atom. The highest BCUT2D eigenvalue weighted by Crippen LogP contribution is 2.48. The highest BCUT2D eigenvalue weighted by Gasteiger charge is 2.40. The van der Waals surface area contributed by atoms with Crippen LogP contribution in [0.4, 0.5) is 0 Å². The van der Waals surface area contributed by atoms with E-state index in [1.807, 2.05) is 24.3 Å². The van der Waals surface area contributed by atoms with Crippen LogP contribution in [0.1, 0.15) is 49.7 Å². The molecular formula is C18H25NO2. The van der Waals surface area contributed by atoms with E-state index in [-0.39, 0.29) is 0 Å². The Morgan fingerprint density at radius 1 is 1.19 bits per heavy atom. The van der Waals surface area contributed by atoms with Crippen LogP contribution in [0.5, 0.6) is 0 Å². The Hall–Kier alpha value is -1.35. The van der Waals surface area contributed by atoms with Gasteiger partial charge in [-0.15, -0.1) is 0 Å². The molecule has 0 radical (unpaired) electrons. The molecule has 2 N–H and O–H groups in total. The van der Waals surface area contributed by atoms with Gasteiger partial charge in [0.1, 0.15) is 0 Å². The van der Waals surface area contributed by atoms with E-state index in [9.17, 15) is 4.79 Å². The van der Waals surface area contributed by atoms with Crippen LogP contribution in [0.15, 0.2) is 24.3 Å². The van der Waals surface area contributed by atoms with Gasteiger partial charge < -0.3 is 10.4 Å². The number of nitrogens with one attached hydrogen (secondary N) is 1. The van der Waals surface area contributed by atoms with Gasteiger partial charge in [-0.1, -0.05) is 24.3 Å². The number of rotatable bonds is 8. The zero-order valence-electron chi connectivity index (χ0n) is 12.7. The summed E-state index contributed by atoms with van der Waals surface area (Å²) in [5.41, 5.74) is 2.11. The van der Waals surface area contributed by atoms with E-state index >= 15 is 0 Å². The monoisotopic (exact) mass is 287 g/mol. The SMILES string of the molecule is CC(C(=O)O)c1ccc(CNCC(C2CC2)C2CC2)cc1. The Bertz CT molecular complexity index is 476. The molecule has 2 aliphatic rings. The fourth-order valence-electron chi connectivity index (χ4n) is 3.22. The van der Waals surface area contributed by atoms with Gasteiger partial charge in [-0.25, -0.2) is 0 Å². The van der Waals surface area contributed by atoms with Crippen molar-refractivity contribution in [3.8, 4) is 0 Å². The summed E-state index contributed by atoms with van der Waals surface area (Å²) >= 11 is 0. The molecule has 2 aliphatic carbocycles. The van der Waals surface area contributed by atoms with Gasteiger partial charge in [0.15, 0.2) is 0 Å². The molecule has 0 heterocycles. The molecule has 3 nitrogen and oxygen atoms in total. The molecule has 21 heavy (non-hydrogen) atoms. The second-order valence-corrected chi connectivity index (χ2v) is 6.77. The van der Waals surface area contributed by atoms with Crippen LogP contribution >= 0.6 is 0 Å². The minimum Gasteiger partial charge on any atom is -0.481 e. The molecular weight excluding hydrogens is 262 g/mol. The van der Waals surface area contributed by atoms with E-state index < -0.39 is 11.9 Å². The molecule has 1 unspecified atom stereocenters. The highest BCUT2D eigenvalue weighted by atomic mass is 16.4. The molecule has 0 spiro atoms. The van der Waals surface area contributed by atoms with Crippen LogP contribution in [0.25, 0.3) is 0 Å². The second kappa shape index (κ2) is 6.18. The van der Waals surface area contributed by atoms with Gasteiger partial charge in [0, 0.05) is 6.54 Å². The zero-order valence-corrected chi connectivity index (χ0v) is 12.7. The lowest BCUT2D eigenvalue weighted by Crippen LogP contribution is -2.25. The highest BCUT2D eigenvalue weighted by molar-refractivity contribution is 5.75. The van der Waals surface area contributed by atoms with Crippen molar-refractivity contribution in [3.05, 3.63) is 35.4 Å². The normalized spacial score (nSPS) is 19.7. The summed E-state index contributed by atoms with van der Waals surface area (Å²) in [6.45, 7) is 3.76. The van der Waals surface area contributed by atoms with Gasteiger partial charge >= 0.3 is 5.97 Å². The van der Waals surface area contributed by atoms with Gasteiger partial charge in [-0.3, -0.25) is 4.79 Å². The summed E-state index contributed by atoms with van der Waals surface area (Å²) < 4.78 is 0. The Morgan fingerprint density at radius 2 is 1.76 bits per heavy atom. The summed E-state index contributed by atoms with van der Waals surface area (Å²) in [6, 6.07) is 7.97. The smallest absolute Gasteiger partial charge is 0.310 e. The van der Waals surface area contributed by atoms with E-state index in [1.54, 1.807) is 6.92 Å². The summed E-state index contributed by atoms with van der Waals surface area (Å²) in [4.78, 5) is 11.0. The van der Waals surface area contributed by atoms with Gasteiger partial charge in [0.25, 0.3) is 0 Å². The molecule has 1 atom stereocenters. The fraction of sp³-hybridized carbons (Fsp3) is 0.611. The third-order valence-electron chi connectivity index (χ3n) is 5.01. The van der Waals surface area contributed by atoms with E-state index in [2.05, 4.69) is 5.32 Å². The molecule has 1 aromatic rings. The van der Waals surface area contributed by atoms with Crippen molar-refractivity contribution in [1.82, 2.24) is 5.32 Å². The van der Waals surface area contributed by atoms with E-state index in [4.69, 9.17) is 5.11 Å². The first kappa shape index (κ1) is 14.6. The minimum atomic E-state index is -0.766. The lowest BCUT2D eigenvalue weighted by atomic mass is 9.97. The van der Waals surface area contributed by atoms with Gasteiger partial charge in [0.2, 0.25) is 0 Å². The molecule has 1 aromatic carbocycles. The average Bonchev–Trinajstić information content (AvgIpc) is 3.37. The van der Waals surface area contributed by atoms with Crippen molar-refractivity contribution in [1.29, 1.82) is 0 Å². The molecule has 0 aromatic heterocycles. The molecule has 0 amide bonds. The maximum absolute atomic E-state index is 11.0. The third kappa shape index (κ3) is 3.85. The topological polar surface area (TPSA) is 49.3 Å². The number of hydrogen-bond donors (Lipinski definition) is 2. The Kier molecular flexibility index (Phi) is 4.29. The Balaban J connectivity index is 1.47. The molecule has 2 fully saturated rings. The fourth-order valence-corrected chi connectivity index (χ4v) is 3.22. The van der Waals surface area contributed by atoms with Crippen LogP contribution in [-0.4, -0.2) is 17.6 Å². The standard InChI is InChI=1S/C18H25NO2/c1-12(18(20)21)14-4-2-13(3-5-14)10-19-11-17(15-6-7-15)16-8-9-16/h2-5,12,15-17,19H,6-11H2,1H3,(H,20,21). The van der Waals surface area contributed by atoms with E-state index in [0.29, 0.717) is 0 Å². The molecule has 3 heteroatoms. The number of aliphatic carboxylic acids is 1. The van der Waals surface area contributed by atoms with Crippen LogP contribution in [0.3, 0.4) is 0 Å². The second-order valence-electron chi connectivity index (χ2n) is 6.77. The van der Waals surface area contributed by atoms with Crippen LogP contribution in [0.2, 0.25) is 0 Å². The van der Waals surface area contributed by atoms with Crippen molar-refractivity contribution in [2.75, 3.05) is 6.54 Å². The molecule has 2 saturated carbocycles. The van der Waals surface area contributed by atoms with Crippen LogP contribution in [-0.2, 0) is 11.3 Å². The third-order valence-corrected chi connectivity index (χ3v) is 5.01. The van der Waals surface area contributed by atoms with Crippen molar-refractivity contribution < 1.29 is 9.90 Å². The first-order valence-corrected chi connectivity index (χ1v) is 8.17. The van der Waals surface area contributed by atoms with Crippen molar-refractivity contribution in [3.63, 3.8) is 0 Å². The average molecular weight is 287 g/mol. The first-order chi connectivity index (χ1) is 10.1. The van der Waals surface area contributed by atoms with E-state index in [1.165, 1.54) is 31.2 Å². The maximum atomic E-state index is 11.0. The predicted molar refractivity (Wildman–Crippen MR) is 83.1 cm³/mol. The molecule has 0 aliphatic heterocycles. The lowest BCUT2D eigenvalue weighted by molar-refractivity contribution is -0.138. The number of hydrogen-bond acceptors (Lipinski definition) is 2. The summed E-state index contributed by atoms with van der Waals surface area (Å²) in [7, 11) is 0. The maximum Gasteiger partial charge on any atom is 0.310 e. The molecule has 0 saturated heterocycles. The lowest BCUT2D eigenvalue weighted by Gasteiger charge is -2.16. The largest absolute Gasteiger partial charge is 0.481 e. The molecule has 114 valence electrons. The number of carbonyl (C=O) groups is 1. The predicted octanol–water partition coefficient (Wildman–Crippen LogP) is 3.40. The van der Waals surface area contributed by atoms with Gasteiger partial charge in [-0.05, 0) is 68.0 Å². The van der Waals surface area contributed by atoms with Crippen molar-refractivity contribution >= 4 is 5.97 Å². The molecule has 3 rings (SSSR count). The van der Waals surface area contributed by atoms with Crippen molar-refractivity contribution in [2.24, 2.45) is 17.8 Å². The summed E-state index contributed by atoms with van der Waals surface area (Å²) in [5.74, 6) is 1.68. The minimum absolute atomic E-state index is 0.430. The summed E-state index contributed by atoms with van der Waals surface area (Å²) in [6.07, 6.45) is 5.74. The number of benzene rings is 1. The Labute approximate surface area is 126 Å². The van der Waals surface area contributed by atoms with E-state index in [0.717, 1.165) is 36.4 Å². The molecule has 0 bridgehead atoms. The van der Waals surface area contributed by atoms with Crippen molar-refractivity contribution in [2.45, 2.75) is 45.1 Å². The zero-order chi connectivity index (χ0) is 14.8.